The van der Waals surface area contributed by atoms with Crippen molar-refractivity contribution in [1.29, 1.82) is 0 Å². The number of fused-ring (bicyclic) bond motifs is 3. The number of allylic oxidation sites excluding steroid dienone is 2. The minimum atomic E-state index is -1.06. The molecule has 2 atom stereocenters. The molecule has 1 N–H and O–H groups in total. The first-order chi connectivity index (χ1) is 19.3. The highest BCUT2D eigenvalue weighted by Gasteiger charge is 2.45. The van der Waals surface area contributed by atoms with Gasteiger partial charge >= 0.3 is 11.9 Å². The Morgan fingerprint density at radius 3 is 2.33 bits per heavy atom. The molecule has 0 unspecified atom stereocenters. The van der Waals surface area contributed by atoms with E-state index in [4.69, 9.17) is 33.5 Å². The predicted molar refractivity (Wildman–Crippen MR) is 150 cm³/mol. The number of aliphatic hydroxyl groups excluding tert-OH is 1. The third-order valence-corrected chi connectivity index (χ3v) is 7.39. The van der Waals surface area contributed by atoms with Crippen molar-refractivity contribution in [3.63, 3.8) is 0 Å². The molecular formula is C31H46O9. The number of hydrogen-bond donors (Lipinski definition) is 1. The van der Waals surface area contributed by atoms with Crippen LogP contribution < -0.4 is 9.47 Å². The summed E-state index contributed by atoms with van der Waals surface area (Å²) in [5.41, 5.74) is 2.78. The van der Waals surface area contributed by atoms with Gasteiger partial charge in [0.2, 0.25) is 0 Å². The number of ether oxygens (including phenoxy) is 6. The van der Waals surface area contributed by atoms with Crippen molar-refractivity contribution in [1.82, 2.24) is 0 Å². The van der Waals surface area contributed by atoms with Crippen molar-refractivity contribution in [2.45, 2.75) is 77.7 Å². The smallest absolute Gasteiger partial charge is 0.422 e. The number of carbonyl (C=O) groups is 2. The molecule has 0 radical (unpaired) electrons. The van der Waals surface area contributed by atoms with E-state index in [2.05, 4.69) is 39.8 Å². The molecule has 9 heteroatoms. The molecule has 0 saturated carbocycles. The highest BCUT2D eigenvalue weighted by atomic mass is 16.6. The van der Waals surface area contributed by atoms with Gasteiger partial charge in [0.15, 0.2) is 0 Å². The molecular weight excluding hydrogens is 516 g/mol. The van der Waals surface area contributed by atoms with E-state index in [1.54, 1.807) is 0 Å². The monoisotopic (exact) mass is 562 g/mol. The highest BCUT2D eigenvalue weighted by molar-refractivity contribution is 6.30. The van der Waals surface area contributed by atoms with Gasteiger partial charge < -0.3 is 33.5 Å². The number of aryl methyl sites for hydroxylation is 1. The van der Waals surface area contributed by atoms with Gasteiger partial charge in [0, 0.05) is 17.4 Å². The summed E-state index contributed by atoms with van der Waals surface area (Å²) in [6.07, 6.45) is 8.30. The van der Waals surface area contributed by atoms with Gasteiger partial charge in [-0.05, 0) is 64.2 Å². The van der Waals surface area contributed by atoms with Gasteiger partial charge in [-0.1, -0.05) is 31.4 Å². The summed E-state index contributed by atoms with van der Waals surface area (Å²) in [6, 6.07) is 3.95. The first kappa shape index (κ1) is 32.1. The Kier molecular flexibility index (Phi) is 12.9. The van der Waals surface area contributed by atoms with Crippen LogP contribution in [0.15, 0.2) is 23.8 Å². The van der Waals surface area contributed by atoms with Crippen LogP contribution in [0.3, 0.4) is 0 Å². The van der Waals surface area contributed by atoms with Crippen LogP contribution in [0.25, 0.3) is 0 Å². The summed E-state index contributed by atoms with van der Waals surface area (Å²) < 4.78 is 33.1. The molecule has 1 aromatic carbocycles. The van der Waals surface area contributed by atoms with Crippen LogP contribution in [0.5, 0.6) is 11.5 Å². The minimum Gasteiger partial charge on any atom is -0.487 e. The van der Waals surface area contributed by atoms with Gasteiger partial charge in [-0.2, -0.15) is 0 Å². The molecule has 1 aliphatic carbocycles. The zero-order valence-electron chi connectivity index (χ0n) is 24.5. The van der Waals surface area contributed by atoms with Crippen molar-refractivity contribution in [2.75, 3.05) is 52.9 Å². The molecule has 2 aliphatic rings. The first-order valence-electron chi connectivity index (χ1n) is 14.5. The van der Waals surface area contributed by atoms with E-state index in [0.29, 0.717) is 32.2 Å². The fourth-order valence-corrected chi connectivity index (χ4v) is 5.37. The van der Waals surface area contributed by atoms with Crippen LogP contribution in [-0.2, 0) is 35.0 Å². The Hall–Kier alpha value is -2.46. The predicted octanol–water partition coefficient (Wildman–Crippen LogP) is 4.52. The Bertz CT molecular complexity index is 1000. The number of carbonyl (C=O) groups excluding carboxylic acids is 2. The van der Waals surface area contributed by atoms with Crippen LogP contribution in [0.1, 0.15) is 76.8 Å². The van der Waals surface area contributed by atoms with E-state index in [1.165, 1.54) is 5.57 Å². The van der Waals surface area contributed by atoms with E-state index in [-0.39, 0.29) is 43.9 Å². The van der Waals surface area contributed by atoms with Crippen molar-refractivity contribution < 1.29 is 43.1 Å². The van der Waals surface area contributed by atoms with E-state index in [9.17, 15) is 9.59 Å². The lowest BCUT2D eigenvalue weighted by molar-refractivity contribution is -0.163. The quantitative estimate of drug-likeness (QED) is 0.102. The lowest BCUT2D eigenvalue weighted by Gasteiger charge is -2.46. The maximum Gasteiger partial charge on any atom is 0.422 e. The molecule has 0 bridgehead atoms. The summed E-state index contributed by atoms with van der Waals surface area (Å²) in [7, 11) is 0. The molecule has 0 aromatic heterocycles. The topological polar surface area (TPSA) is 110 Å². The van der Waals surface area contributed by atoms with Crippen molar-refractivity contribution in [3.05, 3.63) is 34.9 Å². The van der Waals surface area contributed by atoms with Gasteiger partial charge in [0.1, 0.15) is 23.7 Å². The zero-order chi connectivity index (χ0) is 29.0. The number of unbranched alkanes of at least 4 members (excludes halogenated alkanes) is 2. The molecule has 1 aliphatic heterocycles. The summed E-state index contributed by atoms with van der Waals surface area (Å²) in [4.78, 5) is 25.3. The maximum absolute atomic E-state index is 12.8. The molecule has 0 fully saturated rings. The number of aliphatic hydroxyl groups is 1. The lowest BCUT2D eigenvalue weighted by atomic mass is 9.68. The van der Waals surface area contributed by atoms with Crippen LogP contribution in [-0.4, -0.2) is 75.5 Å². The summed E-state index contributed by atoms with van der Waals surface area (Å²) >= 11 is 0. The summed E-state index contributed by atoms with van der Waals surface area (Å²) in [5.74, 6) is -0.759. The summed E-state index contributed by atoms with van der Waals surface area (Å²) in [6.45, 7) is 10.3. The van der Waals surface area contributed by atoms with Crippen molar-refractivity contribution >= 4 is 11.9 Å². The lowest BCUT2D eigenvalue weighted by Crippen LogP contribution is -2.45. The molecule has 3 rings (SSSR count). The van der Waals surface area contributed by atoms with Crippen LogP contribution >= 0.6 is 0 Å². The largest absolute Gasteiger partial charge is 0.487 e. The normalized spacial score (nSPS) is 19.2. The molecule has 224 valence electrons. The van der Waals surface area contributed by atoms with Crippen molar-refractivity contribution in [3.8, 4) is 11.5 Å². The third-order valence-electron chi connectivity index (χ3n) is 7.39. The fraction of sp³-hybridized carbons (Fsp3) is 0.677. The Labute approximate surface area is 238 Å². The molecule has 0 saturated heterocycles. The first-order valence-corrected chi connectivity index (χ1v) is 14.5. The Morgan fingerprint density at radius 2 is 1.65 bits per heavy atom. The second-order valence-electron chi connectivity index (χ2n) is 10.9. The maximum atomic E-state index is 12.8. The molecule has 1 aromatic rings. The van der Waals surface area contributed by atoms with E-state index in [1.807, 2.05) is 6.07 Å². The SMILES string of the molecule is CCCCCc1cc(OC(=O)C(=O)OCCOCCOCCOCCO)c2c(c1)OC(C)(C)[C@@H]1CCC(C)=C[C@@H]21. The Morgan fingerprint density at radius 1 is 0.975 bits per heavy atom. The second kappa shape index (κ2) is 16.1. The number of rotatable bonds is 16. The molecule has 0 amide bonds. The average Bonchev–Trinajstić information content (AvgIpc) is 2.91. The number of benzene rings is 1. The van der Waals surface area contributed by atoms with Gasteiger partial charge in [0.25, 0.3) is 0 Å². The number of hydrogen-bond acceptors (Lipinski definition) is 9. The molecule has 1 heterocycles. The standard InChI is InChI=1S/C31H46O9/c1-5-6-7-8-23-20-26(28-24-19-22(2)9-10-25(24)31(3,4)40-27(28)21-23)39-30(34)29(33)38-18-17-37-16-15-36-14-13-35-12-11-32/h19-21,24-25,32H,5-18H2,1-4H3/t24-,25-/m1/s1. The molecule has 9 nitrogen and oxygen atoms in total. The summed E-state index contributed by atoms with van der Waals surface area (Å²) in [5, 5.41) is 8.64. The average molecular weight is 563 g/mol. The van der Waals surface area contributed by atoms with Gasteiger partial charge in [-0.15, -0.1) is 0 Å². The van der Waals surface area contributed by atoms with Crippen LogP contribution in [0, 0.1) is 5.92 Å². The third kappa shape index (κ3) is 9.29. The zero-order valence-corrected chi connectivity index (χ0v) is 24.5. The Balaban J connectivity index is 1.60. The van der Waals surface area contributed by atoms with Gasteiger partial charge in [-0.3, -0.25) is 0 Å². The molecule has 0 spiro atoms. The second-order valence-corrected chi connectivity index (χ2v) is 10.9. The van der Waals surface area contributed by atoms with E-state index in [0.717, 1.165) is 55.4 Å². The molecule has 40 heavy (non-hydrogen) atoms. The number of esters is 2. The highest BCUT2D eigenvalue weighted by Crippen LogP contribution is 2.53. The van der Waals surface area contributed by atoms with Gasteiger partial charge in [-0.25, -0.2) is 9.59 Å². The minimum absolute atomic E-state index is 0.0200. The van der Waals surface area contributed by atoms with Crippen molar-refractivity contribution in [2.24, 2.45) is 5.92 Å². The van der Waals surface area contributed by atoms with Crippen LogP contribution in [0.2, 0.25) is 0 Å². The van der Waals surface area contributed by atoms with Crippen LogP contribution in [0.4, 0.5) is 0 Å². The van der Waals surface area contributed by atoms with E-state index < -0.39 is 11.9 Å². The fourth-order valence-electron chi connectivity index (χ4n) is 5.37. The van der Waals surface area contributed by atoms with E-state index >= 15 is 0 Å². The van der Waals surface area contributed by atoms with Gasteiger partial charge in [0.05, 0.1) is 46.2 Å².